The number of carbonyl (C=O) groups is 1. The first kappa shape index (κ1) is 20.4. The van der Waals surface area contributed by atoms with Crippen molar-refractivity contribution < 1.29 is 18.4 Å². The molecule has 0 aliphatic carbocycles. The highest BCUT2D eigenvalue weighted by Gasteiger charge is 2.36. The predicted octanol–water partition coefficient (Wildman–Crippen LogP) is 3.38. The van der Waals surface area contributed by atoms with Crippen molar-refractivity contribution in [3.8, 4) is 5.75 Å². The largest absolute Gasteiger partial charge is 0.497 e. The van der Waals surface area contributed by atoms with Crippen molar-refractivity contribution in [1.82, 2.24) is 9.91 Å². The van der Waals surface area contributed by atoms with Crippen molar-refractivity contribution in [2.45, 2.75) is 12.5 Å². The number of anilines is 1. The third-order valence-electron chi connectivity index (χ3n) is 6.01. The van der Waals surface area contributed by atoms with Gasteiger partial charge in [0.05, 0.1) is 26.2 Å². The van der Waals surface area contributed by atoms with E-state index in [-0.39, 0.29) is 11.9 Å². The fourth-order valence-electron chi connectivity index (χ4n) is 4.26. The lowest BCUT2D eigenvalue weighted by Crippen LogP contribution is -2.49. The first-order valence-electron chi connectivity index (χ1n) is 10.8. The molecular weight excluding hydrogens is 408 g/mol. The van der Waals surface area contributed by atoms with Crippen LogP contribution in [0.5, 0.6) is 5.75 Å². The molecule has 1 fully saturated rings. The molecule has 0 spiro atoms. The Kier molecular flexibility index (Phi) is 5.68. The van der Waals surface area contributed by atoms with E-state index in [1.54, 1.807) is 24.6 Å². The summed E-state index contributed by atoms with van der Waals surface area (Å²) in [5, 5.41) is 6.17. The Balaban J connectivity index is 1.23. The number of amides is 1. The minimum atomic E-state index is -0.252. The highest BCUT2D eigenvalue weighted by atomic mass is 16.5. The summed E-state index contributed by atoms with van der Waals surface area (Å²) in [6, 6.07) is 15.3. The molecule has 2 aliphatic heterocycles. The minimum Gasteiger partial charge on any atom is -0.497 e. The third kappa shape index (κ3) is 4.13. The second kappa shape index (κ2) is 8.92. The smallest absolute Gasteiger partial charge is 0.257 e. The van der Waals surface area contributed by atoms with Crippen LogP contribution in [0.1, 0.15) is 24.0 Å². The number of nitrogens with zero attached hydrogens (tertiary/aromatic N) is 4. The molecular formula is C24H26N4O4. The van der Waals surface area contributed by atoms with Crippen molar-refractivity contribution >= 4 is 17.3 Å². The van der Waals surface area contributed by atoms with Crippen molar-refractivity contribution in [2.24, 2.45) is 5.10 Å². The van der Waals surface area contributed by atoms with Crippen LogP contribution in [-0.4, -0.2) is 61.4 Å². The second-order valence-electron chi connectivity index (χ2n) is 7.96. The molecule has 166 valence electrons. The molecule has 3 aromatic rings. The second-order valence-corrected chi connectivity index (χ2v) is 7.96. The lowest BCUT2D eigenvalue weighted by Gasteiger charge is -2.36. The van der Waals surface area contributed by atoms with E-state index in [9.17, 15) is 4.79 Å². The molecule has 1 atom stereocenters. The summed E-state index contributed by atoms with van der Waals surface area (Å²) in [4.78, 5) is 17.7. The Labute approximate surface area is 186 Å². The molecule has 1 amide bonds. The van der Waals surface area contributed by atoms with Crippen LogP contribution in [-0.2, 0) is 4.79 Å². The van der Waals surface area contributed by atoms with Crippen LogP contribution in [0.2, 0.25) is 0 Å². The fourth-order valence-corrected chi connectivity index (χ4v) is 4.26. The number of ether oxygens (including phenoxy) is 1. The number of methoxy groups -OCH3 is 1. The third-order valence-corrected chi connectivity index (χ3v) is 6.01. The highest BCUT2D eigenvalue weighted by Crippen LogP contribution is 2.33. The summed E-state index contributed by atoms with van der Waals surface area (Å²) in [5.74, 6) is 2.23. The number of furan rings is 2. The summed E-state index contributed by atoms with van der Waals surface area (Å²) in [6.07, 6.45) is 3.81. The first-order valence-corrected chi connectivity index (χ1v) is 10.8. The predicted molar refractivity (Wildman–Crippen MR) is 120 cm³/mol. The van der Waals surface area contributed by atoms with Gasteiger partial charge in [0.1, 0.15) is 29.0 Å². The van der Waals surface area contributed by atoms with Gasteiger partial charge in [-0.25, -0.2) is 5.01 Å². The lowest BCUT2D eigenvalue weighted by molar-refractivity contribution is -0.134. The molecule has 1 unspecified atom stereocenters. The zero-order valence-electron chi connectivity index (χ0n) is 18.0. The van der Waals surface area contributed by atoms with Crippen molar-refractivity contribution in [2.75, 3.05) is 44.7 Å². The maximum absolute atomic E-state index is 13.2. The summed E-state index contributed by atoms with van der Waals surface area (Å²) in [6.45, 7) is 3.67. The van der Waals surface area contributed by atoms with Gasteiger partial charge in [0.15, 0.2) is 0 Å². The van der Waals surface area contributed by atoms with Gasteiger partial charge in [-0.1, -0.05) is 0 Å². The number of benzene rings is 1. The molecule has 4 heterocycles. The summed E-state index contributed by atoms with van der Waals surface area (Å²) < 4.78 is 16.4. The van der Waals surface area contributed by atoms with Gasteiger partial charge in [0.25, 0.3) is 5.91 Å². The molecule has 1 saturated heterocycles. The number of hydrogen-bond donors (Lipinski definition) is 0. The fraction of sp³-hybridized carbons (Fsp3) is 0.333. The van der Waals surface area contributed by atoms with Crippen LogP contribution in [0.4, 0.5) is 5.69 Å². The molecule has 1 aromatic carbocycles. The number of rotatable bonds is 6. The van der Waals surface area contributed by atoms with Gasteiger partial charge in [-0.2, -0.15) is 5.10 Å². The summed E-state index contributed by atoms with van der Waals surface area (Å²) in [5.41, 5.74) is 1.93. The summed E-state index contributed by atoms with van der Waals surface area (Å²) >= 11 is 0. The van der Waals surface area contributed by atoms with E-state index in [1.807, 2.05) is 36.4 Å². The highest BCUT2D eigenvalue weighted by molar-refractivity contribution is 6.01. The average Bonchev–Trinajstić information content (AvgIpc) is 3.61. The monoisotopic (exact) mass is 434 g/mol. The Morgan fingerprint density at radius 1 is 1.03 bits per heavy atom. The zero-order valence-corrected chi connectivity index (χ0v) is 18.0. The molecule has 5 rings (SSSR count). The Hall–Kier alpha value is -3.52. The van der Waals surface area contributed by atoms with Crippen LogP contribution >= 0.6 is 0 Å². The van der Waals surface area contributed by atoms with Gasteiger partial charge in [-0.05, 0) is 48.5 Å². The van der Waals surface area contributed by atoms with E-state index in [2.05, 4.69) is 27.0 Å². The van der Waals surface area contributed by atoms with Crippen molar-refractivity contribution in [3.05, 3.63) is 72.6 Å². The van der Waals surface area contributed by atoms with Crippen LogP contribution in [0.3, 0.4) is 0 Å². The van der Waals surface area contributed by atoms with E-state index < -0.39 is 0 Å². The number of hydrazone groups is 1. The molecule has 8 heteroatoms. The molecule has 2 aromatic heterocycles. The van der Waals surface area contributed by atoms with Gasteiger partial charge in [0, 0.05) is 38.3 Å². The number of piperazine rings is 1. The lowest BCUT2D eigenvalue weighted by atomic mass is 10.1. The van der Waals surface area contributed by atoms with Crippen LogP contribution < -0.4 is 9.64 Å². The molecule has 0 radical (unpaired) electrons. The molecule has 8 nitrogen and oxygen atoms in total. The zero-order chi connectivity index (χ0) is 21.9. The van der Waals surface area contributed by atoms with E-state index >= 15 is 0 Å². The average molecular weight is 434 g/mol. The molecule has 0 N–H and O–H groups in total. The molecule has 32 heavy (non-hydrogen) atoms. The number of hydrogen-bond acceptors (Lipinski definition) is 7. The van der Waals surface area contributed by atoms with Gasteiger partial charge < -0.3 is 18.5 Å². The molecule has 0 saturated carbocycles. The quantitative estimate of drug-likeness (QED) is 0.592. The Morgan fingerprint density at radius 3 is 2.44 bits per heavy atom. The van der Waals surface area contributed by atoms with Crippen LogP contribution in [0, 0.1) is 0 Å². The SMILES string of the molecule is COc1ccc(N2CCN(CC(=O)N3N=C(c4ccco4)CC3c3ccco3)CC2)cc1. The van der Waals surface area contributed by atoms with Crippen LogP contribution in [0.25, 0.3) is 0 Å². The van der Waals surface area contributed by atoms with Crippen molar-refractivity contribution in [1.29, 1.82) is 0 Å². The molecule has 0 bridgehead atoms. The van der Waals surface area contributed by atoms with Gasteiger partial charge in [-0.15, -0.1) is 0 Å². The Bertz CT molecular complexity index is 1050. The normalized spacial score (nSPS) is 19.3. The van der Waals surface area contributed by atoms with E-state index in [0.29, 0.717) is 18.7 Å². The van der Waals surface area contributed by atoms with E-state index in [1.165, 1.54) is 5.69 Å². The van der Waals surface area contributed by atoms with Gasteiger partial charge in [-0.3, -0.25) is 9.69 Å². The maximum Gasteiger partial charge on any atom is 0.257 e. The van der Waals surface area contributed by atoms with Crippen molar-refractivity contribution in [3.63, 3.8) is 0 Å². The minimum absolute atomic E-state index is 0.0362. The van der Waals surface area contributed by atoms with Gasteiger partial charge >= 0.3 is 0 Å². The van der Waals surface area contributed by atoms with E-state index in [0.717, 1.165) is 43.4 Å². The molecule has 2 aliphatic rings. The number of carbonyl (C=O) groups excluding carboxylic acids is 1. The standard InChI is InChI=1S/C24H26N4O4/c1-30-19-8-6-18(7-9-19)27-12-10-26(11-13-27)17-24(29)28-21(23-5-3-15-32-23)16-20(25-28)22-4-2-14-31-22/h2-9,14-15,21H,10-13,16-17H2,1H3. The summed E-state index contributed by atoms with van der Waals surface area (Å²) in [7, 11) is 1.67. The van der Waals surface area contributed by atoms with E-state index in [4.69, 9.17) is 13.6 Å². The first-order chi connectivity index (χ1) is 15.7. The Morgan fingerprint density at radius 2 is 1.78 bits per heavy atom. The van der Waals surface area contributed by atoms with Crippen LogP contribution in [0.15, 0.2) is 75.0 Å². The maximum atomic E-state index is 13.2. The van der Waals surface area contributed by atoms with Gasteiger partial charge in [0.2, 0.25) is 0 Å². The topological polar surface area (TPSA) is 74.7 Å².